The van der Waals surface area contributed by atoms with E-state index in [2.05, 4.69) is 211 Å². The van der Waals surface area contributed by atoms with Crippen LogP contribution in [0.15, 0.2) is 206 Å². The van der Waals surface area contributed by atoms with Gasteiger partial charge in [0.15, 0.2) is 0 Å². The first-order valence-corrected chi connectivity index (χ1v) is 18.1. The molecule has 10 rings (SSSR count). The van der Waals surface area contributed by atoms with E-state index in [4.69, 9.17) is 4.98 Å². The molecule has 0 aliphatic heterocycles. The summed E-state index contributed by atoms with van der Waals surface area (Å²) in [4.78, 5) is 5.42. The lowest BCUT2D eigenvalue weighted by atomic mass is 9.86. The zero-order chi connectivity index (χ0) is 35.1. The van der Waals surface area contributed by atoms with Crippen LogP contribution in [0.3, 0.4) is 0 Å². The van der Waals surface area contributed by atoms with E-state index in [1.807, 2.05) is 0 Å². The van der Waals surface area contributed by atoms with E-state index in [0.29, 0.717) is 0 Å². The summed E-state index contributed by atoms with van der Waals surface area (Å²) in [6.07, 6.45) is 0. The number of benzene rings is 9. The highest BCUT2D eigenvalue weighted by molar-refractivity contribution is 6.21. The minimum absolute atomic E-state index is 0.912. The summed E-state index contributed by atoms with van der Waals surface area (Å²) in [5.74, 6) is 0.912. The van der Waals surface area contributed by atoms with Crippen molar-refractivity contribution in [3.05, 3.63) is 206 Å². The lowest BCUT2D eigenvalue weighted by molar-refractivity contribution is 1.11. The third kappa shape index (κ3) is 5.32. The molecule has 0 radical (unpaired) electrons. The number of rotatable bonds is 6. The van der Waals surface area contributed by atoms with Crippen molar-refractivity contribution in [2.24, 2.45) is 0 Å². The Morgan fingerprint density at radius 3 is 1.26 bits per heavy atom. The molecule has 0 saturated heterocycles. The highest BCUT2D eigenvalue weighted by atomic mass is 15.1. The van der Waals surface area contributed by atoms with Gasteiger partial charge in [0.1, 0.15) is 5.82 Å². The van der Waals surface area contributed by atoms with Gasteiger partial charge in [0.05, 0.1) is 11.0 Å². The average Bonchev–Trinajstić information content (AvgIpc) is 3.62. The normalized spacial score (nSPS) is 11.4. The van der Waals surface area contributed by atoms with Crippen LogP contribution in [0.25, 0.3) is 94.2 Å². The van der Waals surface area contributed by atoms with Crippen LogP contribution in [0.4, 0.5) is 0 Å². The summed E-state index contributed by atoms with van der Waals surface area (Å²) in [6, 6.07) is 74.0. The molecular weight excluding hydrogens is 641 g/mol. The molecule has 9 aromatic carbocycles. The maximum atomic E-state index is 5.42. The Labute approximate surface area is 308 Å². The number of hydrogen-bond acceptors (Lipinski definition) is 1. The van der Waals surface area contributed by atoms with Crippen molar-refractivity contribution in [1.82, 2.24) is 9.55 Å². The molecule has 0 bridgehead atoms. The topological polar surface area (TPSA) is 17.8 Å². The molecule has 53 heavy (non-hydrogen) atoms. The van der Waals surface area contributed by atoms with Crippen molar-refractivity contribution < 1.29 is 0 Å². The van der Waals surface area contributed by atoms with Crippen LogP contribution in [-0.4, -0.2) is 9.55 Å². The first-order valence-electron chi connectivity index (χ1n) is 18.1. The minimum Gasteiger partial charge on any atom is -0.292 e. The Kier molecular flexibility index (Phi) is 7.51. The number of imidazole rings is 1. The third-order valence-electron chi connectivity index (χ3n) is 10.4. The monoisotopic (exact) mass is 674 g/mol. The van der Waals surface area contributed by atoms with Gasteiger partial charge in [0, 0.05) is 11.3 Å². The number of nitrogens with zero attached hydrogens (tertiary/aromatic N) is 2. The van der Waals surface area contributed by atoms with Gasteiger partial charge >= 0.3 is 0 Å². The van der Waals surface area contributed by atoms with Crippen molar-refractivity contribution in [3.63, 3.8) is 0 Å². The molecule has 248 valence electrons. The van der Waals surface area contributed by atoms with E-state index >= 15 is 0 Å². The van der Waals surface area contributed by atoms with Crippen LogP contribution >= 0.6 is 0 Å². The van der Waals surface area contributed by atoms with Crippen LogP contribution in [-0.2, 0) is 0 Å². The Morgan fingerprint density at radius 1 is 0.321 bits per heavy atom. The first-order chi connectivity index (χ1) is 26.3. The molecule has 10 aromatic rings. The van der Waals surface area contributed by atoms with E-state index in [0.717, 1.165) is 33.7 Å². The Bertz CT molecular complexity index is 2900. The van der Waals surface area contributed by atoms with E-state index < -0.39 is 0 Å². The standard InChI is InChI=1S/C51H34N2/c1-6-18-35(19-7-1)44-33-47-48(34-45(44)36-20-8-2-9-21-36)53(51(52-47)39-26-14-5-15-27-39)40-30-31-43-46(32-40)50(38-24-12-4-13-25-38)42-29-17-16-28-41(42)49(43)37-22-10-3-11-23-37/h1-34H. The van der Waals surface area contributed by atoms with E-state index in [9.17, 15) is 0 Å². The predicted octanol–water partition coefficient (Wildman–Crippen LogP) is 13.7. The van der Waals surface area contributed by atoms with Crippen LogP contribution in [0.1, 0.15) is 0 Å². The number of hydrogen-bond donors (Lipinski definition) is 0. The quantitative estimate of drug-likeness (QED) is 0.161. The fraction of sp³-hybridized carbons (Fsp3) is 0. The number of aromatic nitrogens is 2. The van der Waals surface area contributed by atoms with Crippen molar-refractivity contribution in [3.8, 4) is 61.6 Å². The largest absolute Gasteiger partial charge is 0.292 e. The molecule has 1 heterocycles. The van der Waals surface area contributed by atoms with E-state index in [1.54, 1.807) is 0 Å². The molecule has 0 saturated carbocycles. The molecule has 0 atom stereocenters. The summed E-state index contributed by atoms with van der Waals surface area (Å²) < 4.78 is 2.36. The maximum Gasteiger partial charge on any atom is 0.145 e. The second kappa shape index (κ2) is 12.9. The SMILES string of the molecule is c1ccc(-c2cc3nc(-c4ccccc4)n(-c4ccc5c(-c6ccccc6)c6ccccc6c(-c6ccccc6)c5c4)c3cc2-c2ccccc2)cc1. The lowest BCUT2D eigenvalue weighted by Gasteiger charge is -2.19. The Balaban J connectivity index is 1.33. The van der Waals surface area contributed by atoms with E-state index in [-0.39, 0.29) is 0 Å². The highest BCUT2D eigenvalue weighted by Gasteiger charge is 2.21. The van der Waals surface area contributed by atoms with Crippen LogP contribution < -0.4 is 0 Å². The molecular formula is C51H34N2. The summed E-state index contributed by atoms with van der Waals surface area (Å²) in [7, 11) is 0. The van der Waals surface area contributed by atoms with Crippen molar-refractivity contribution in [1.29, 1.82) is 0 Å². The molecule has 0 aliphatic carbocycles. The second-order valence-electron chi connectivity index (χ2n) is 13.5. The van der Waals surface area contributed by atoms with Gasteiger partial charge in [-0.1, -0.05) is 182 Å². The molecule has 0 aliphatic rings. The fourth-order valence-electron chi connectivity index (χ4n) is 8.02. The van der Waals surface area contributed by atoms with Gasteiger partial charge in [-0.15, -0.1) is 0 Å². The fourth-order valence-corrected chi connectivity index (χ4v) is 8.02. The lowest BCUT2D eigenvalue weighted by Crippen LogP contribution is -1.99. The van der Waals surface area contributed by atoms with E-state index in [1.165, 1.54) is 60.5 Å². The molecule has 0 N–H and O–H groups in total. The first kappa shape index (κ1) is 30.8. The smallest absolute Gasteiger partial charge is 0.145 e. The Hall–Kier alpha value is -7.03. The zero-order valence-electron chi connectivity index (χ0n) is 29.0. The summed E-state index contributed by atoms with van der Waals surface area (Å²) in [5.41, 5.74) is 13.7. The molecule has 0 unspecified atom stereocenters. The molecule has 2 heteroatoms. The van der Waals surface area contributed by atoms with Crippen molar-refractivity contribution in [2.45, 2.75) is 0 Å². The summed E-state index contributed by atoms with van der Waals surface area (Å²) in [6.45, 7) is 0. The highest BCUT2D eigenvalue weighted by Crippen LogP contribution is 2.45. The summed E-state index contributed by atoms with van der Waals surface area (Å²) in [5, 5.41) is 4.91. The van der Waals surface area contributed by atoms with Crippen molar-refractivity contribution in [2.75, 3.05) is 0 Å². The summed E-state index contributed by atoms with van der Waals surface area (Å²) >= 11 is 0. The van der Waals surface area contributed by atoms with Gasteiger partial charge in [0.2, 0.25) is 0 Å². The van der Waals surface area contributed by atoms with Crippen LogP contribution in [0.5, 0.6) is 0 Å². The number of fused-ring (bicyclic) bond motifs is 3. The Morgan fingerprint density at radius 2 is 0.736 bits per heavy atom. The van der Waals surface area contributed by atoms with Crippen LogP contribution in [0.2, 0.25) is 0 Å². The van der Waals surface area contributed by atoms with Gasteiger partial charge < -0.3 is 0 Å². The van der Waals surface area contributed by atoms with Gasteiger partial charge in [0.25, 0.3) is 0 Å². The van der Waals surface area contributed by atoms with Gasteiger partial charge in [-0.25, -0.2) is 4.98 Å². The second-order valence-corrected chi connectivity index (χ2v) is 13.5. The molecule has 0 spiro atoms. The molecule has 0 amide bonds. The van der Waals surface area contributed by atoms with Crippen LogP contribution in [0, 0.1) is 0 Å². The third-order valence-corrected chi connectivity index (χ3v) is 10.4. The average molecular weight is 675 g/mol. The van der Waals surface area contributed by atoms with Gasteiger partial charge in [-0.3, -0.25) is 4.57 Å². The molecule has 0 fully saturated rings. The van der Waals surface area contributed by atoms with Crippen molar-refractivity contribution >= 4 is 32.6 Å². The minimum atomic E-state index is 0.912. The molecule has 1 aromatic heterocycles. The molecule has 2 nitrogen and oxygen atoms in total. The maximum absolute atomic E-state index is 5.42. The predicted molar refractivity (Wildman–Crippen MR) is 223 cm³/mol. The van der Waals surface area contributed by atoms with Gasteiger partial charge in [-0.2, -0.15) is 0 Å². The van der Waals surface area contributed by atoms with Gasteiger partial charge in [-0.05, 0) is 90.3 Å². The zero-order valence-corrected chi connectivity index (χ0v) is 29.0.